The van der Waals surface area contributed by atoms with Crippen LogP contribution in [0, 0.1) is 0 Å². The zero-order chi connectivity index (χ0) is 18.3. The molecule has 0 aliphatic carbocycles. The zero-order valence-electron chi connectivity index (χ0n) is 14.3. The Morgan fingerprint density at radius 2 is 2.08 bits per heavy atom. The number of hydrogen-bond donors (Lipinski definition) is 4. The Hall–Kier alpha value is -2.99. The number of ether oxygens (including phenoxy) is 1. The molecule has 1 aromatic heterocycles. The number of aromatic nitrogens is 1. The lowest BCUT2D eigenvalue weighted by atomic mass is 9.90. The predicted molar refractivity (Wildman–Crippen MR) is 97.7 cm³/mol. The van der Waals surface area contributed by atoms with Crippen molar-refractivity contribution in [3.63, 3.8) is 0 Å². The highest BCUT2D eigenvalue weighted by atomic mass is 16.5. The van der Waals surface area contributed by atoms with Gasteiger partial charge in [0.1, 0.15) is 6.04 Å². The molecule has 2 aromatic carbocycles. The number of aliphatic carboxylic acids is 1. The van der Waals surface area contributed by atoms with E-state index in [1.165, 1.54) is 0 Å². The monoisotopic (exact) mass is 352 g/mol. The summed E-state index contributed by atoms with van der Waals surface area (Å²) in [5.41, 5.74) is 3.80. The van der Waals surface area contributed by atoms with Gasteiger partial charge in [-0.3, -0.25) is 10.1 Å². The van der Waals surface area contributed by atoms with Gasteiger partial charge in [0.15, 0.2) is 11.5 Å². The minimum atomic E-state index is -0.880. The maximum absolute atomic E-state index is 11.7. The minimum Gasteiger partial charge on any atom is -0.504 e. The van der Waals surface area contributed by atoms with Crippen LogP contribution in [0.2, 0.25) is 0 Å². The molecule has 0 spiro atoms. The number of nitrogens with one attached hydrogen (secondary N) is 2. The number of phenolic OH excluding ortho intramolecular Hbond substituents is 1. The predicted octanol–water partition coefficient (Wildman–Crippen LogP) is 2.96. The highest BCUT2D eigenvalue weighted by Crippen LogP contribution is 2.37. The number of fused-ring (bicyclic) bond motifs is 3. The van der Waals surface area contributed by atoms with Crippen LogP contribution in [-0.4, -0.2) is 33.8 Å². The third-order valence-corrected chi connectivity index (χ3v) is 4.83. The van der Waals surface area contributed by atoms with E-state index in [0.717, 1.165) is 27.7 Å². The van der Waals surface area contributed by atoms with Crippen molar-refractivity contribution < 1.29 is 19.7 Å². The van der Waals surface area contributed by atoms with Gasteiger partial charge in [-0.2, -0.15) is 0 Å². The Labute approximate surface area is 150 Å². The molecule has 1 aliphatic heterocycles. The Morgan fingerprint density at radius 3 is 2.85 bits per heavy atom. The van der Waals surface area contributed by atoms with Gasteiger partial charge in [0, 0.05) is 23.0 Å². The summed E-state index contributed by atoms with van der Waals surface area (Å²) in [7, 11) is 0. The molecule has 2 unspecified atom stereocenters. The number of carboxylic acids is 1. The molecule has 3 aromatic rings. The Kier molecular flexibility index (Phi) is 4.05. The highest BCUT2D eigenvalue weighted by molar-refractivity contribution is 5.87. The topological polar surface area (TPSA) is 94.6 Å². The normalized spacial score (nSPS) is 19.3. The first-order valence-electron chi connectivity index (χ1n) is 8.62. The number of carbonyl (C=O) groups is 1. The molecule has 2 atom stereocenters. The Bertz CT molecular complexity index is 979. The molecule has 26 heavy (non-hydrogen) atoms. The van der Waals surface area contributed by atoms with Gasteiger partial charge < -0.3 is 19.9 Å². The largest absolute Gasteiger partial charge is 0.504 e. The van der Waals surface area contributed by atoms with Gasteiger partial charge in [-0.25, -0.2) is 0 Å². The Balaban J connectivity index is 1.86. The molecule has 6 nitrogen and oxygen atoms in total. The molecular formula is C20H20N2O4. The van der Waals surface area contributed by atoms with Crippen molar-refractivity contribution in [1.29, 1.82) is 0 Å². The van der Waals surface area contributed by atoms with E-state index in [4.69, 9.17) is 4.74 Å². The summed E-state index contributed by atoms with van der Waals surface area (Å²) in [5, 5.41) is 23.8. The molecule has 0 fully saturated rings. The minimum absolute atomic E-state index is 0.0677. The Morgan fingerprint density at radius 1 is 1.27 bits per heavy atom. The maximum Gasteiger partial charge on any atom is 0.321 e. The maximum atomic E-state index is 11.7. The molecule has 134 valence electrons. The van der Waals surface area contributed by atoms with Crippen LogP contribution < -0.4 is 10.1 Å². The first-order chi connectivity index (χ1) is 12.6. The molecule has 4 N–H and O–H groups in total. The van der Waals surface area contributed by atoms with Crippen molar-refractivity contribution in [2.75, 3.05) is 6.61 Å². The number of aromatic amines is 1. The number of carboxylic acid groups (broad SMARTS) is 1. The van der Waals surface area contributed by atoms with Gasteiger partial charge in [0.25, 0.3) is 0 Å². The van der Waals surface area contributed by atoms with E-state index >= 15 is 0 Å². The van der Waals surface area contributed by atoms with Crippen molar-refractivity contribution >= 4 is 16.9 Å². The molecular weight excluding hydrogens is 332 g/mol. The lowest BCUT2D eigenvalue weighted by molar-refractivity contribution is -0.139. The van der Waals surface area contributed by atoms with E-state index in [9.17, 15) is 15.0 Å². The number of para-hydroxylation sites is 1. The van der Waals surface area contributed by atoms with Gasteiger partial charge >= 0.3 is 5.97 Å². The molecule has 0 amide bonds. The lowest BCUT2D eigenvalue weighted by Crippen LogP contribution is -2.44. The van der Waals surface area contributed by atoms with Crippen LogP contribution in [0.1, 0.15) is 29.8 Å². The summed E-state index contributed by atoms with van der Waals surface area (Å²) in [5.74, 6) is -0.422. The molecule has 0 radical (unpaired) electrons. The third-order valence-electron chi connectivity index (χ3n) is 4.83. The van der Waals surface area contributed by atoms with Gasteiger partial charge in [0.2, 0.25) is 0 Å². The lowest BCUT2D eigenvalue weighted by Gasteiger charge is -2.29. The SMILES string of the molecule is CCOc1cc(C2NC(C(=O)O)Cc3c2[nH]c2ccccc32)ccc1O. The number of phenols is 1. The van der Waals surface area contributed by atoms with Crippen LogP contribution in [0.15, 0.2) is 42.5 Å². The number of benzene rings is 2. The van der Waals surface area contributed by atoms with Crippen molar-refractivity contribution in [2.24, 2.45) is 0 Å². The van der Waals surface area contributed by atoms with Gasteiger partial charge in [-0.05, 0) is 36.2 Å². The van der Waals surface area contributed by atoms with Gasteiger partial charge in [0.05, 0.1) is 12.6 Å². The number of hydrogen-bond acceptors (Lipinski definition) is 4. The number of rotatable bonds is 4. The second-order valence-corrected chi connectivity index (χ2v) is 6.42. The molecule has 0 saturated carbocycles. The van der Waals surface area contributed by atoms with E-state index in [1.54, 1.807) is 18.2 Å². The smallest absolute Gasteiger partial charge is 0.321 e. The summed E-state index contributed by atoms with van der Waals surface area (Å²) in [6.07, 6.45) is 0.418. The van der Waals surface area contributed by atoms with Crippen molar-refractivity contribution in [1.82, 2.24) is 10.3 Å². The van der Waals surface area contributed by atoms with E-state index in [-0.39, 0.29) is 11.8 Å². The highest BCUT2D eigenvalue weighted by Gasteiger charge is 2.34. The summed E-state index contributed by atoms with van der Waals surface area (Å²) < 4.78 is 5.49. The van der Waals surface area contributed by atoms with Crippen LogP contribution in [0.4, 0.5) is 0 Å². The van der Waals surface area contributed by atoms with E-state index in [0.29, 0.717) is 18.8 Å². The summed E-state index contributed by atoms with van der Waals surface area (Å²) >= 11 is 0. The van der Waals surface area contributed by atoms with Gasteiger partial charge in [-0.15, -0.1) is 0 Å². The summed E-state index contributed by atoms with van der Waals surface area (Å²) in [6, 6.07) is 12.0. The second kappa shape index (κ2) is 6.38. The quantitative estimate of drug-likeness (QED) is 0.579. The third kappa shape index (κ3) is 2.68. The second-order valence-electron chi connectivity index (χ2n) is 6.42. The first kappa shape index (κ1) is 16.5. The molecule has 4 rings (SSSR count). The van der Waals surface area contributed by atoms with Gasteiger partial charge in [-0.1, -0.05) is 24.3 Å². The molecule has 1 aliphatic rings. The van der Waals surface area contributed by atoms with Crippen molar-refractivity contribution in [3.8, 4) is 11.5 Å². The first-order valence-corrected chi connectivity index (χ1v) is 8.62. The average molecular weight is 352 g/mol. The van der Waals surface area contributed by atoms with Crippen LogP contribution >= 0.6 is 0 Å². The number of aromatic hydroxyl groups is 1. The number of H-pyrrole nitrogens is 1. The van der Waals surface area contributed by atoms with Crippen LogP contribution in [-0.2, 0) is 11.2 Å². The zero-order valence-corrected chi connectivity index (χ0v) is 14.3. The fraction of sp³-hybridized carbons (Fsp3) is 0.250. The standard InChI is InChI=1S/C20H20N2O4/c1-2-26-17-9-11(7-8-16(17)23)18-19-13(10-15(22-18)20(24)25)12-5-3-4-6-14(12)21-19/h3-9,15,18,21-23H,2,10H2,1H3,(H,24,25). The van der Waals surface area contributed by atoms with Crippen molar-refractivity contribution in [3.05, 3.63) is 59.3 Å². The van der Waals surface area contributed by atoms with Crippen LogP contribution in [0.3, 0.4) is 0 Å². The van der Waals surface area contributed by atoms with E-state index in [1.807, 2.05) is 31.2 Å². The van der Waals surface area contributed by atoms with E-state index in [2.05, 4.69) is 10.3 Å². The fourth-order valence-corrected chi connectivity index (χ4v) is 3.64. The van der Waals surface area contributed by atoms with Crippen LogP contribution in [0.5, 0.6) is 11.5 Å². The molecule has 0 bridgehead atoms. The summed E-state index contributed by atoms with van der Waals surface area (Å²) in [4.78, 5) is 15.1. The van der Waals surface area contributed by atoms with Crippen LogP contribution in [0.25, 0.3) is 10.9 Å². The molecule has 2 heterocycles. The fourth-order valence-electron chi connectivity index (χ4n) is 3.64. The van der Waals surface area contributed by atoms with E-state index < -0.39 is 12.0 Å². The molecule has 0 saturated heterocycles. The summed E-state index contributed by atoms with van der Waals surface area (Å²) in [6.45, 7) is 2.28. The average Bonchev–Trinajstić information content (AvgIpc) is 3.01. The molecule has 6 heteroatoms. The van der Waals surface area contributed by atoms with Crippen molar-refractivity contribution in [2.45, 2.75) is 25.4 Å².